The minimum atomic E-state index is -3.57. The summed E-state index contributed by atoms with van der Waals surface area (Å²) in [6.45, 7) is 5.24. The molecule has 0 aliphatic rings. The Bertz CT molecular complexity index is 1010. The van der Waals surface area contributed by atoms with Crippen molar-refractivity contribution in [2.45, 2.75) is 33.3 Å². The van der Waals surface area contributed by atoms with Gasteiger partial charge in [0.1, 0.15) is 5.82 Å². The first-order valence-electron chi connectivity index (χ1n) is 9.01. The van der Waals surface area contributed by atoms with Crippen molar-refractivity contribution in [3.63, 3.8) is 0 Å². The van der Waals surface area contributed by atoms with Gasteiger partial charge in [-0.2, -0.15) is 0 Å². The number of aliphatic carboxylic acids is 1. The molecule has 154 valence electrons. The van der Waals surface area contributed by atoms with Gasteiger partial charge < -0.3 is 14.7 Å². The third kappa shape index (κ3) is 5.77. The van der Waals surface area contributed by atoms with E-state index in [0.29, 0.717) is 16.7 Å². The Labute approximate surface area is 170 Å². The van der Waals surface area contributed by atoms with Crippen molar-refractivity contribution in [3.8, 4) is 22.7 Å². The number of aliphatic hydroxyl groups is 1. The van der Waals surface area contributed by atoms with Crippen molar-refractivity contribution in [3.05, 3.63) is 58.4 Å². The molecule has 0 bridgehead atoms. The van der Waals surface area contributed by atoms with Crippen LogP contribution in [0.5, 0.6) is 0 Å². The van der Waals surface area contributed by atoms with E-state index in [1.165, 1.54) is 7.11 Å². The van der Waals surface area contributed by atoms with Gasteiger partial charge in [-0.05, 0) is 66.4 Å². The summed E-state index contributed by atoms with van der Waals surface area (Å²) >= 11 is 0. The highest BCUT2D eigenvalue weighted by molar-refractivity contribution is 7.64. The second-order valence-electron chi connectivity index (χ2n) is 6.95. The van der Waals surface area contributed by atoms with Crippen LogP contribution in [0.25, 0.3) is 11.1 Å². The third-order valence-electron chi connectivity index (χ3n) is 4.53. The summed E-state index contributed by atoms with van der Waals surface area (Å²) in [5, 5.41) is 18.6. The molecule has 0 aromatic heterocycles. The molecule has 0 saturated carbocycles. The Balaban J connectivity index is 2.50. The largest absolute Gasteiger partial charge is 0.481 e. The third-order valence-corrected chi connectivity index (χ3v) is 6.47. The monoisotopic (exact) mass is 418 g/mol. The fraction of sp³-hybridized carbons (Fsp3) is 0.318. The van der Waals surface area contributed by atoms with E-state index >= 15 is 0 Å². The lowest BCUT2D eigenvalue weighted by Gasteiger charge is -2.14. The van der Waals surface area contributed by atoms with Crippen LogP contribution in [0.2, 0.25) is 0 Å². The summed E-state index contributed by atoms with van der Waals surface area (Å²) in [5.74, 6) is 1.44. The number of hydrogen-bond acceptors (Lipinski definition) is 4. The molecule has 2 rings (SSSR count). The molecule has 0 aliphatic heterocycles. The number of carboxylic acid groups (broad SMARTS) is 1. The maximum Gasteiger partial charge on any atom is 0.305 e. The topological polar surface area (TPSA) is 83.8 Å². The summed E-state index contributed by atoms with van der Waals surface area (Å²) in [5.41, 5.74) is 6.64. The van der Waals surface area contributed by atoms with E-state index < -0.39 is 25.9 Å². The zero-order valence-corrected chi connectivity index (χ0v) is 17.7. The zero-order chi connectivity index (χ0) is 21.8. The smallest absolute Gasteiger partial charge is 0.305 e. The Kier molecular flexibility index (Phi) is 7.37. The van der Waals surface area contributed by atoms with Gasteiger partial charge in [0.15, 0.2) is 0 Å². The summed E-state index contributed by atoms with van der Waals surface area (Å²) in [4.78, 5) is 10.7. The molecule has 2 aromatic rings. The van der Waals surface area contributed by atoms with E-state index in [2.05, 4.69) is 11.6 Å². The first kappa shape index (κ1) is 22.8. The number of carbonyl (C=O) groups is 1. The van der Waals surface area contributed by atoms with Crippen molar-refractivity contribution < 1.29 is 28.5 Å². The van der Waals surface area contributed by atoms with Crippen LogP contribution in [0.1, 0.15) is 28.7 Å². The number of aryl methyl sites for hydroxylation is 3. The molecule has 2 N–H and O–H groups in total. The molecule has 0 aliphatic carbocycles. The highest BCUT2D eigenvalue weighted by atomic mass is 31.2. The minimum Gasteiger partial charge on any atom is -0.481 e. The van der Waals surface area contributed by atoms with Crippen molar-refractivity contribution >= 4 is 13.3 Å². The van der Waals surface area contributed by atoms with Crippen molar-refractivity contribution in [2.24, 2.45) is 0 Å². The van der Waals surface area contributed by atoms with Crippen LogP contribution in [-0.4, -0.2) is 35.6 Å². The maximum absolute atomic E-state index is 14.0. The normalized spacial score (nSPS) is 13.9. The highest BCUT2D eigenvalue weighted by Gasteiger charge is 2.25. The molecule has 0 spiro atoms. The average Bonchev–Trinajstić information content (AvgIpc) is 2.63. The number of benzene rings is 2. The molecule has 0 saturated heterocycles. The summed E-state index contributed by atoms with van der Waals surface area (Å²) in [6, 6.07) is 9.02. The molecule has 5 nitrogen and oxygen atoms in total. The Morgan fingerprint density at radius 3 is 2.38 bits per heavy atom. The van der Waals surface area contributed by atoms with Gasteiger partial charge in [-0.3, -0.25) is 9.36 Å². The van der Waals surface area contributed by atoms with E-state index in [4.69, 9.17) is 9.63 Å². The van der Waals surface area contributed by atoms with E-state index in [1.54, 1.807) is 26.0 Å². The number of hydrogen-bond donors (Lipinski definition) is 2. The SMILES string of the molecule is COP(=O)(C#Cc1c(C)cccc1-c1cc(C)c(F)c(C)c1)C[C@@H](O)CC(=O)O. The molecule has 7 heteroatoms. The molecule has 1 unspecified atom stereocenters. The Morgan fingerprint density at radius 1 is 1.21 bits per heavy atom. The molecule has 0 heterocycles. The summed E-state index contributed by atoms with van der Waals surface area (Å²) in [7, 11) is -2.35. The van der Waals surface area contributed by atoms with Crippen molar-refractivity contribution in [1.82, 2.24) is 0 Å². The van der Waals surface area contributed by atoms with Crippen LogP contribution in [0.3, 0.4) is 0 Å². The Morgan fingerprint density at radius 2 is 1.83 bits per heavy atom. The molecule has 2 aromatic carbocycles. The lowest BCUT2D eigenvalue weighted by molar-refractivity contribution is -0.138. The molecule has 0 fully saturated rings. The van der Waals surface area contributed by atoms with Crippen LogP contribution in [-0.2, 0) is 13.9 Å². The number of carboxylic acids is 1. The van der Waals surface area contributed by atoms with Gasteiger partial charge in [0.05, 0.1) is 18.7 Å². The molecular formula is C22H24FO5P. The predicted molar refractivity (Wildman–Crippen MR) is 111 cm³/mol. The van der Waals surface area contributed by atoms with Gasteiger partial charge in [0.2, 0.25) is 0 Å². The fourth-order valence-electron chi connectivity index (χ4n) is 3.03. The van der Waals surface area contributed by atoms with Gasteiger partial charge in [-0.1, -0.05) is 24.1 Å². The zero-order valence-electron chi connectivity index (χ0n) is 16.8. The molecular weight excluding hydrogens is 394 g/mol. The summed E-state index contributed by atoms with van der Waals surface area (Å²) < 4.78 is 31.9. The van der Waals surface area contributed by atoms with Gasteiger partial charge >= 0.3 is 5.97 Å². The predicted octanol–water partition coefficient (Wildman–Crippen LogP) is 4.49. The number of aliphatic hydroxyl groups excluding tert-OH is 1. The fourth-order valence-corrected chi connectivity index (χ4v) is 4.32. The van der Waals surface area contributed by atoms with Crippen molar-refractivity contribution in [2.75, 3.05) is 13.3 Å². The number of rotatable bonds is 6. The molecule has 2 atom stereocenters. The minimum absolute atomic E-state index is 0.259. The van der Waals surface area contributed by atoms with Crippen LogP contribution in [0, 0.1) is 38.2 Å². The van der Waals surface area contributed by atoms with Crippen LogP contribution >= 0.6 is 7.37 Å². The quantitative estimate of drug-likeness (QED) is 0.534. The standard InChI is InChI=1S/C22H24FO5P/c1-14-6-5-7-20(17-10-15(2)22(23)16(3)11-17)19(14)8-9-29(27,28-4)13-18(24)12-21(25)26/h5-7,10-11,18,24H,12-13H2,1-4H3,(H,25,26)/t18-,29?/m0/s1. The van der Waals surface area contributed by atoms with E-state index in [1.807, 2.05) is 25.1 Å². The van der Waals surface area contributed by atoms with E-state index in [0.717, 1.165) is 16.7 Å². The first-order chi connectivity index (χ1) is 13.6. The molecule has 0 radical (unpaired) electrons. The second kappa shape index (κ2) is 9.37. The Hall–Kier alpha value is -2.45. The van der Waals surface area contributed by atoms with Gasteiger partial charge in [-0.25, -0.2) is 4.39 Å². The van der Waals surface area contributed by atoms with Gasteiger partial charge in [-0.15, -0.1) is 0 Å². The number of halogens is 1. The van der Waals surface area contributed by atoms with Crippen molar-refractivity contribution in [1.29, 1.82) is 0 Å². The molecule has 29 heavy (non-hydrogen) atoms. The van der Waals surface area contributed by atoms with E-state index in [-0.39, 0.29) is 12.0 Å². The highest BCUT2D eigenvalue weighted by Crippen LogP contribution is 2.46. The van der Waals surface area contributed by atoms with Gasteiger partial charge in [0.25, 0.3) is 7.37 Å². The second-order valence-corrected chi connectivity index (χ2v) is 9.25. The maximum atomic E-state index is 14.0. The summed E-state index contributed by atoms with van der Waals surface area (Å²) in [6.07, 6.45) is -2.25. The molecule has 0 amide bonds. The van der Waals surface area contributed by atoms with Crippen LogP contribution in [0.4, 0.5) is 4.39 Å². The lowest BCUT2D eigenvalue weighted by Crippen LogP contribution is -2.17. The van der Waals surface area contributed by atoms with Gasteiger partial charge in [0, 0.05) is 12.7 Å². The van der Waals surface area contributed by atoms with Crippen LogP contribution < -0.4 is 0 Å². The lowest BCUT2D eigenvalue weighted by atomic mass is 9.94. The van der Waals surface area contributed by atoms with Crippen LogP contribution in [0.15, 0.2) is 30.3 Å². The van der Waals surface area contributed by atoms with E-state index in [9.17, 15) is 18.9 Å². The average molecular weight is 418 g/mol. The first-order valence-corrected chi connectivity index (χ1v) is 10.8.